The van der Waals surface area contributed by atoms with E-state index >= 15 is 0 Å². The van der Waals surface area contributed by atoms with Crippen LogP contribution in [0.5, 0.6) is 5.75 Å². The van der Waals surface area contributed by atoms with Crippen molar-refractivity contribution in [3.63, 3.8) is 0 Å². The summed E-state index contributed by atoms with van der Waals surface area (Å²) < 4.78 is 49.2. The highest BCUT2D eigenvalue weighted by atomic mass is 16.7. The maximum absolute atomic E-state index is 6.00. The average Bonchev–Trinajstić information content (AvgIpc) is 2.88. The van der Waals surface area contributed by atoms with Gasteiger partial charge in [-0.2, -0.15) is 0 Å². The zero-order valence-corrected chi connectivity index (χ0v) is 23.7. The van der Waals surface area contributed by atoms with Crippen molar-refractivity contribution in [2.24, 2.45) is 0 Å². The van der Waals surface area contributed by atoms with Crippen LogP contribution in [0.15, 0.2) is 18.2 Å². The van der Waals surface area contributed by atoms with Gasteiger partial charge < -0.3 is 42.6 Å². The second-order valence-electron chi connectivity index (χ2n) is 8.91. The first kappa shape index (κ1) is 33.7. The molecule has 1 aromatic rings. The molecule has 37 heavy (non-hydrogen) atoms. The summed E-state index contributed by atoms with van der Waals surface area (Å²) in [7, 11) is 1.65. The van der Waals surface area contributed by atoms with Crippen molar-refractivity contribution in [2.75, 3.05) is 106 Å². The molecule has 0 aliphatic heterocycles. The zero-order chi connectivity index (χ0) is 27.0. The van der Waals surface area contributed by atoms with Gasteiger partial charge in [-0.1, -0.05) is 45.9 Å². The van der Waals surface area contributed by atoms with Gasteiger partial charge in [0.2, 0.25) is 0 Å². The molecule has 0 aliphatic rings. The summed E-state index contributed by atoms with van der Waals surface area (Å²) in [5.41, 5.74) is 2.42. The van der Waals surface area contributed by atoms with Crippen LogP contribution in [-0.2, 0) is 37.9 Å². The summed E-state index contributed by atoms with van der Waals surface area (Å²) in [6, 6.07) is 6.34. The molecule has 9 nitrogen and oxygen atoms in total. The first-order valence-corrected chi connectivity index (χ1v) is 13.4. The Morgan fingerprint density at radius 2 is 0.811 bits per heavy atom. The second-order valence-corrected chi connectivity index (χ2v) is 8.91. The van der Waals surface area contributed by atoms with E-state index in [9.17, 15) is 0 Å². The zero-order valence-electron chi connectivity index (χ0n) is 23.7. The summed E-state index contributed by atoms with van der Waals surface area (Å²) in [6.07, 6.45) is 0. The second kappa shape index (κ2) is 23.8. The minimum absolute atomic E-state index is 0.210. The lowest BCUT2D eigenvalue weighted by Crippen LogP contribution is -2.15. The number of hydrogen-bond acceptors (Lipinski definition) is 9. The number of benzene rings is 1. The molecule has 0 unspecified atom stereocenters. The molecule has 1 aromatic carbocycles. The van der Waals surface area contributed by atoms with Crippen molar-refractivity contribution in [3.8, 4) is 5.75 Å². The van der Waals surface area contributed by atoms with Crippen molar-refractivity contribution < 1.29 is 42.6 Å². The van der Waals surface area contributed by atoms with Crippen LogP contribution >= 0.6 is 0 Å². The Morgan fingerprint density at radius 3 is 1.14 bits per heavy atom. The lowest BCUT2D eigenvalue weighted by molar-refractivity contribution is -0.0350. The molecular formula is C28H50O9. The fourth-order valence-electron chi connectivity index (χ4n) is 3.27. The number of hydrogen-bond donors (Lipinski definition) is 0. The Hall–Kier alpha value is -1.30. The van der Waals surface area contributed by atoms with Crippen LogP contribution in [0.25, 0.3) is 0 Å². The van der Waals surface area contributed by atoms with Gasteiger partial charge in [-0.25, -0.2) is 0 Å². The molecule has 0 saturated heterocycles. The van der Waals surface area contributed by atoms with E-state index in [-0.39, 0.29) is 6.79 Å². The average molecular weight is 531 g/mol. The summed E-state index contributed by atoms with van der Waals surface area (Å²) in [5, 5.41) is 0. The van der Waals surface area contributed by atoms with Gasteiger partial charge in [0, 0.05) is 7.11 Å². The molecule has 0 aliphatic carbocycles. The Kier molecular flexibility index (Phi) is 21.7. The van der Waals surface area contributed by atoms with Crippen molar-refractivity contribution in [1.29, 1.82) is 0 Å². The highest BCUT2D eigenvalue weighted by Gasteiger charge is 2.14. The van der Waals surface area contributed by atoms with Crippen LogP contribution < -0.4 is 4.74 Å². The van der Waals surface area contributed by atoms with Crippen molar-refractivity contribution in [2.45, 2.75) is 39.5 Å². The highest BCUT2D eigenvalue weighted by Crippen LogP contribution is 2.34. The van der Waals surface area contributed by atoms with Gasteiger partial charge in [0.1, 0.15) is 5.75 Å². The Morgan fingerprint density at radius 1 is 0.486 bits per heavy atom. The van der Waals surface area contributed by atoms with Crippen molar-refractivity contribution in [3.05, 3.63) is 29.3 Å². The maximum atomic E-state index is 6.00. The van der Waals surface area contributed by atoms with Crippen molar-refractivity contribution >= 4 is 0 Å². The molecule has 0 heterocycles. The van der Waals surface area contributed by atoms with E-state index in [0.717, 1.165) is 5.75 Å². The van der Waals surface area contributed by atoms with Crippen LogP contribution in [0, 0.1) is 0 Å². The standard InChI is InChI=1S/C28H50O9/c1-24(2)26-7-6-8-27(25(3)4)28(26)37-23-36-22-21-35-20-19-34-18-17-33-16-15-32-14-13-31-12-11-30-10-9-29-5/h6-8,24-25H,9-23H2,1-5H3. The predicted molar refractivity (Wildman–Crippen MR) is 143 cm³/mol. The molecule has 0 amide bonds. The molecule has 0 atom stereocenters. The molecule has 0 N–H and O–H groups in total. The van der Waals surface area contributed by atoms with Crippen LogP contribution in [0.1, 0.15) is 50.7 Å². The molecule has 9 heteroatoms. The minimum Gasteiger partial charge on any atom is -0.467 e. The third-order valence-electron chi connectivity index (χ3n) is 5.27. The number of rotatable bonds is 26. The smallest absolute Gasteiger partial charge is 0.189 e. The largest absolute Gasteiger partial charge is 0.467 e. The van der Waals surface area contributed by atoms with Crippen LogP contribution in [0.3, 0.4) is 0 Å². The molecule has 0 aromatic heterocycles. The lowest BCUT2D eigenvalue weighted by atomic mass is 9.94. The number of ether oxygens (including phenoxy) is 9. The van der Waals surface area contributed by atoms with Gasteiger partial charge >= 0.3 is 0 Å². The van der Waals surface area contributed by atoms with Gasteiger partial charge in [-0.3, -0.25) is 0 Å². The quantitative estimate of drug-likeness (QED) is 0.130. The molecule has 0 radical (unpaired) electrons. The van der Waals surface area contributed by atoms with Gasteiger partial charge in [0.15, 0.2) is 6.79 Å². The van der Waals surface area contributed by atoms with E-state index in [1.54, 1.807) is 7.11 Å². The maximum Gasteiger partial charge on any atom is 0.189 e. The van der Waals surface area contributed by atoms with E-state index < -0.39 is 0 Å². The van der Waals surface area contributed by atoms with Crippen LogP contribution in [0.2, 0.25) is 0 Å². The summed E-state index contributed by atoms with van der Waals surface area (Å²) in [6.45, 7) is 16.4. The van der Waals surface area contributed by atoms with Gasteiger partial charge in [0.05, 0.1) is 92.5 Å². The highest BCUT2D eigenvalue weighted by molar-refractivity contribution is 5.44. The number of para-hydroxylation sites is 1. The Labute approximate surface area is 223 Å². The Bertz CT molecular complexity index is 614. The number of methoxy groups -OCH3 is 1. The summed E-state index contributed by atoms with van der Waals surface area (Å²) >= 11 is 0. The predicted octanol–water partition coefficient (Wildman–Crippen LogP) is 4.03. The summed E-state index contributed by atoms with van der Waals surface area (Å²) in [4.78, 5) is 0. The fourth-order valence-corrected chi connectivity index (χ4v) is 3.27. The van der Waals surface area contributed by atoms with Gasteiger partial charge in [-0.15, -0.1) is 0 Å². The van der Waals surface area contributed by atoms with E-state index in [1.165, 1.54) is 11.1 Å². The molecule has 216 valence electrons. The van der Waals surface area contributed by atoms with E-state index in [4.69, 9.17) is 42.6 Å². The SMILES string of the molecule is COCCOCCOCCOCCOCCOCCOCCOCOc1c(C(C)C)cccc1C(C)C. The Balaban J connectivity index is 1.86. The van der Waals surface area contributed by atoms with Gasteiger partial charge in [-0.05, 0) is 23.0 Å². The first-order chi connectivity index (χ1) is 18.1. The fraction of sp³-hybridized carbons (Fsp3) is 0.786. The first-order valence-electron chi connectivity index (χ1n) is 13.4. The molecular weight excluding hydrogens is 480 g/mol. The van der Waals surface area contributed by atoms with E-state index in [1.807, 2.05) is 0 Å². The van der Waals surface area contributed by atoms with E-state index in [2.05, 4.69) is 45.9 Å². The van der Waals surface area contributed by atoms with Crippen LogP contribution in [0.4, 0.5) is 0 Å². The minimum atomic E-state index is 0.210. The van der Waals surface area contributed by atoms with Crippen LogP contribution in [-0.4, -0.2) is 106 Å². The monoisotopic (exact) mass is 530 g/mol. The molecule has 0 saturated carbocycles. The van der Waals surface area contributed by atoms with Crippen molar-refractivity contribution in [1.82, 2.24) is 0 Å². The molecule has 0 bridgehead atoms. The normalized spacial score (nSPS) is 11.6. The van der Waals surface area contributed by atoms with Gasteiger partial charge in [0.25, 0.3) is 0 Å². The third kappa shape index (κ3) is 17.8. The topological polar surface area (TPSA) is 83.1 Å². The molecule has 1 rings (SSSR count). The third-order valence-corrected chi connectivity index (χ3v) is 5.27. The lowest BCUT2D eigenvalue weighted by Gasteiger charge is -2.19. The summed E-state index contributed by atoms with van der Waals surface area (Å²) in [5.74, 6) is 1.73. The van der Waals surface area contributed by atoms with E-state index in [0.29, 0.717) is 104 Å². The molecule has 0 spiro atoms. The molecule has 0 fully saturated rings.